The third-order valence-corrected chi connectivity index (χ3v) is 1.57. The zero-order valence-corrected chi connectivity index (χ0v) is 7.09. The molecule has 0 amide bonds. The van der Waals surface area contributed by atoms with Crippen LogP contribution in [-0.2, 0) is 6.54 Å². The van der Waals surface area contributed by atoms with Crippen LogP contribution in [0.5, 0.6) is 5.75 Å². The van der Waals surface area contributed by atoms with E-state index in [2.05, 4.69) is 5.92 Å². The van der Waals surface area contributed by atoms with Gasteiger partial charge in [-0.1, -0.05) is 18.1 Å². The minimum absolute atomic E-state index is 0.0495. The highest BCUT2D eigenvalue weighted by molar-refractivity contribution is 5.35. The molecule has 1 aromatic carbocycles. The summed E-state index contributed by atoms with van der Waals surface area (Å²) in [5.74, 6) is 1.99. The summed E-state index contributed by atoms with van der Waals surface area (Å²) in [6.07, 6.45) is 4.99. The normalized spacial score (nSPS) is 9.31. The Balaban J connectivity index is 2.95. The van der Waals surface area contributed by atoms with Crippen molar-refractivity contribution in [3.05, 3.63) is 29.6 Å². The summed E-state index contributed by atoms with van der Waals surface area (Å²) in [5.41, 5.74) is 6.01. The fourth-order valence-corrected chi connectivity index (χ4v) is 0.990. The average molecular weight is 179 g/mol. The van der Waals surface area contributed by atoms with Gasteiger partial charge in [-0.05, 0) is 6.07 Å². The van der Waals surface area contributed by atoms with Crippen LogP contribution in [0.15, 0.2) is 18.2 Å². The van der Waals surface area contributed by atoms with Crippen molar-refractivity contribution < 1.29 is 9.13 Å². The number of hydrogen-bond acceptors (Lipinski definition) is 2. The number of nitrogens with two attached hydrogens (primary N) is 1. The lowest BCUT2D eigenvalue weighted by atomic mass is 10.2. The molecule has 0 aliphatic carbocycles. The molecule has 0 aromatic heterocycles. The maximum absolute atomic E-state index is 13.1. The van der Waals surface area contributed by atoms with Gasteiger partial charge in [-0.2, -0.15) is 0 Å². The summed E-state index contributed by atoms with van der Waals surface area (Å²) in [4.78, 5) is 0. The van der Waals surface area contributed by atoms with Gasteiger partial charge in [-0.3, -0.25) is 0 Å². The SMILES string of the molecule is C#CCOc1c(F)cccc1CN. The van der Waals surface area contributed by atoms with E-state index in [1.807, 2.05) is 0 Å². The lowest BCUT2D eigenvalue weighted by Gasteiger charge is -2.08. The van der Waals surface area contributed by atoms with Crippen LogP contribution in [0.1, 0.15) is 5.56 Å². The van der Waals surface area contributed by atoms with E-state index < -0.39 is 5.82 Å². The molecule has 1 rings (SSSR count). The molecule has 1 aromatic rings. The van der Waals surface area contributed by atoms with Crippen molar-refractivity contribution in [3.63, 3.8) is 0 Å². The number of ether oxygens (including phenoxy) is 1. The van der Waals surface area contributed by atoms with Crippen LogP contribution >= 0.6 is 0 Å². The molecule has 0 aliphatic heterocycles. The van der Waals surface area contributed by atoms with Crippen molar-refractivity contribution >= 4 is 0 Å². The predicted molar refractivity (Wildman–Crippen MR) is 48.6 cm³/mol. The van der Waals surface area contributed by atoms with Crippen LogP contribution < -0.4 is 10.5 Å². The molecule has 68 valence electrons. The number of halogens is 1. The van der Waals surface area contributed by atoms with Gasteiger partial charge < -0.3 is 10.5 Å². The molecule has 0 atom stereocenters. The first-order chi connectivity index (χ1) is 6.29. The second-order valence-corrected chi connectivity index (χ2v) is 2.43. The molecular weight excluding hydrogens is 169 g/mol. The number of benzene rings is 1. The molecule has 0 fully saturated rings. The lowest BCUT2D eigenvalue weighted by Crippen LogP contribution is -2.04. The Kier molecular flexibility index (Phi) is 3.30. The van der Waals surface area contributed by atoms with Gasteiger partial charge >= 0.3 is 0 Å². The van der Waals surface area contributed by atoms with Gasteiger partial charge in [0.05, 0.1) is 0 Å². The maximum Gasteiger partial charge on any atom is 0.165 e. The summed E-state index contributed by atoms with van der Waals surface area (Å²) < 4.78 is 18.1. The van der Waals surface area contributed by atoms with Gasteiger partial charge in [0.2, 0.25) is 0 Å². The molecule has 13 heavy (non-hydrogen) atoms. The van der Waals surface area contributed by atoms with Crippen molar-refractivity contribution in [3.8, 4) is 18.1 Å². The Bertz CT molecular complexity index is 330. The third kappa shape index (κ3) is 2.20. The highest BCUT2D eigenvalue weighted by atomic mass is 19.1. The Morgan fingerprint density at radius 1 is 1.54 bits per heavy atom. The van der Waals surface area contributed by atoms with E-state index in [1.54, 1.807) is 12.1 Å². The molecule has 0 saturated carbocycles. The van der Waals surface area contributed by atoms with Crippen LogP contribution in [0.25, 0.3) is 0 Å². The second kappa shape index (κ2) is 4.48. The summed E-state index contributed by atoms with van der Waals surface area (Å²) in [6, 6.07) is 4.60. The van der Waals surface area contributed by atoms with Gasteiger partial charge in [-0.25, -0.2) is 4.39 Å². The Hall–Kier alpha value is -1.53. The van der Waals surface area contributed by atoms with E-state index in [9.17, 15) is 4.39 Å². The molecule has 0 saturated heterocycles. The van der Waals surface area contributed by atoms with Gasteiger partial charge in [0.15, 0.2) is 11.6 Å². The molecule has 3 heteroatoms. The first kappa shape index (κ1) is 9.56. The van der Waals surface area contributed by atoms with Crippen molar-refractivity contribution in [1.29, 1.82) is 0 Å². The highest BCUT2D eigenvalue weighted by Crippen LogP contribution is 2.21. The van der Waals surface area contributed by atoms with Crippen molar-refractivity contribution in [2.75, 3.05) is 6.61 Å². The van der Waals surface area contributed by atoms with E-state index in [4.69, 9.17) is 16.9 Å². The molecule has 0 radical (unpaired) electrons. The first-order valence-electron chi connectivity index (χ1n) is 3.83. The van der Waals surface area contributed by atoms with Crippen LogP contribution in [-0.4, -0.2) is 6.61 Å². The monoisotopic (exact) mass is 179 g/mol. The first-order valence-corrected chi connectivity index (χ1v) is 3.83. The van der Waals surface area contributed by atoms with Crippen LogP contribution in [0, 0.1) is 18.2 Å². The molecular formula is C10H10FNO. The Labute approximate surface area is 76.5 Å². The van der Waals surface area contributed by atoms with Crippen molar-refractivity contribution in [2.24, 2.45) is 5.73 Å². The van der Waals surface area contributed by atoms with Crippen LogP contribution in [0.4, 0.5) is 4.39 Å². The van der Waals surface area contributed by atoms with Crippen LogP contribution in [0.3, 0.4) is 0 Å². The van der Waals surface area contributed by atoms with Gasteiger partial charge in [0, 0.05) is 12.1 Å². The lowest BCUT2D eigenvalue weighted by molar-refractivity contribution is 0.344. The molecule has 0 bridgehead atoms. The highest BCUT2D eigenvalue weighted by Gasteiger charge is 2.07. The Morgan fingerprint density at radius 3 is 2.92 bits per heavy atom. The predicted octanol–water partition coefficient (Wildman–Crippen LogP) is 1.30. The molecule has 2 N–H and O–H groups in total. The van der Waals surface area contributed by atoms with Gasteiger partial charge in [-0.15, -0.1) is 6.42 Å². The fraction of sp³-hybridized carbons (Fsp3) is 0.200. The minimum Gasteiger partial charge on any atom is -0.478 e. The van der Waals surface area contributed by atoms with E-state index in [1.165, 1.54) is 6.07 Å². The van der Waals surface area contributed by atoms with Gasteiger partial charge in [0.1, 0.15) is 6.61 Å². The third-order valence-electron chi connectivity index (χ3n) is 1.57. The number of rotatable bonds is 3. The van der Waals surface area contributed by atoms with E-state index in [0.29, 0.717) is 5.56 Å². The summed E-state index contributed by atoms with van der Waals surface area (Å²) in [6.45, 7) is 0.283. The van der Waals surface area contributed by atoms with E-state index >= 15 is 0 Å². The van der Waals surface area contributed by atoms with Crippen molar-refractivity contribution in [2.45, 2.75) is 6.54 Å². The largest absolute Gasteiger partial charge is 0.478 e. The smallest absolute Gasteiger partial charge is 0.165 e. The van der Waals surface area contributed by atoms with E-state index in [-0.39, 0.29) is 18.9 Å². The van der Waals surface area contributed by atoms with Crippen LogP contribution in [0.2, 0.25) is 0 Å². The second-order valence-electron chi connectivity index (χ2n) is 2.43. The van der Waals surface area contributed by atoms with Crippen molar-refractivity contribution in [1.82, 2.24) is 0 Å². The standard InChI is InChI=1S/C10H10FNO/c1-2-6-13-10-8(7-12)4-3-5-9(10)11/h1,3-5H,6-7,12H2. The summed E-state index contributed by atoms with van der Waals surface area (Å²) in [5, 5.41) is 0. The topological polar surface area (TPSA) is 35.2 Å². The maximum atomic E-state index is 13.1. The molecule has 2 nitrogen and oxygen atoms in total. The number of hydrogen-bond donors (Lipinski definition) is 1. The zero-order valence-electron chi connectivity index (χ0n) is 7.09. The quantitative estimate of drug-likeness (QED) is 0.710. The summed E-state index contributed by atoms with van der Waals surface area (Å²) >= 11 is 0. The minimum atomic E-state index is -0.432. The number of para-hydroxylation sites is 1. The fourth-order valence-electron chi connectivity index (χ4n) is 0.990. The number of terminal acetylenes is 1. The summed E-state index contributed by atoms with van der Waals surface area (Å²) in [7, 11) is 0. The molecule has 0 heterocycles. The average Bonchev–Trinajstić information content (AvgIpc) is 2.15. The Morgan fingerprint density at radius 2 is 2.31 bits per heavy atom. The molecule has 0 spiro atoms. The molecule has 0 aliphatic rings. The molecule has 0 unspecified atom stereocenters. The zero-order chi connectivity index (χ0) is 9.68. The van der Waals surface area contributed by atoms with Gasteiger partial charge in [0.25, 0.3) is 0 Å². The van der Waals surface area contributed by atoms with E-state index in [0.717, 1.165) is 0 Å².